The molecule has 1 N–H and O–H groups in total. The third kappa shape index (κ3) is 17.7. The van der Waals surface area contributed by atoms with E-state index >= 15 is 0 Å². The van der Waals surface area contributed by atoms with E-state index < -0.39 is 52.7 Å². The van der Waals surface area contributed by atoms with Crippen molar-refractivity contribution in [2.24, 2.45) is 10.2 Å². The first-order valence-electron chi connectivity index (χ1n) is 13.7. The van der Waals surface area contributed by atoms with Crippen LogP contribution in [-0.4, -0.2) is 79.2 Å². The predicted molar refractivity (Wildman–Crippen MR) is 176 cm³/mol. The Kier molecular flexibility index (Phi) is 24.5. The Morgan fingerprint density at radius 3 is 1.88 bits per heavy atom. The number of hydrogen-bond acceptors (Lipinski definition) is 15. The molecule has 0 saturated heterocycles. The van der Waals surface area contributed by atoms with Crippen LogP contribution in [0.3, 0.4) is 0 Å². The number of benzene rings is 2. The van der Waals surface area contributed by atoms with Gasteiger partial charge in [0.25, 0.3) is 0 Å². The van der Waals surface area contributed by atoms with Crippen molar-refractivity contribution in [3.63, 3.8) is 0 Å². The van der Waals surface area contributed by atoms with E-state index in [0.29, 0.717) is 5.69 Å². The van der Waals surface area contributed by atoms with Gasteiger partial charge in [0, 0.05) is 46.2 Å². The second-order valence-electron chi connectivity index (χ2n) is 10.1. The number of nitrogens with zero attached hydrogens (tertiary/aromatic N) is 6. The van der Waals surface area contributed by atoms with Gasteiger partial charge in [0.15, 0.2) is 5.82 Å². The summed E-state index contributed by atoms with van der Waals surface area (Å²) in [5, 5.41) is 24.9. The summed E-state index contributed by atoms with van der Waals surface area (Å²) in [6, 6.07) is 8.70. The second kappa shape index (κ2) is 23.7. The number of rotatable bonds is 16. The van der Waals surface area contributed by atoms with E-state index in [2.05, 4.69) is 52.5 Å². The van der Waals surface area contributed by atoms with Gasteiger partial charge in [-0.2, -0.15) is 10.4 Å². The number of nitriles is 1. The van der Waals surface area contributed by atoms with E-state index in [-0.39, 0.29) is 230 Å². The van der Waals surface area contributed by atoms with E-state index in [9.17, 15) is 49.0 Å². The molecule has 0 unspecified atom stereocenters. The average molecular weight is 970 g/mol. The van der Waals surface area contributed by atoms with Crippen molar-refractivity contribution >= 4 is 91.0 Å². The minimum Gasteiger partial charge on any atom is -0.748 e. The van der Waals surface area contributed by atoms with Crippen molar-refractivity contribution in [1.82, 2.24) is 9.78 Å². The fraction of sp³-hybridized carbons (Fsp3) is 0.346. The molecule has 25 heteroatoms. The molecule has 0 radical (unpaired) electrons. The number of nitrogens with one attached hydrogen (secondary N) is 1. The molecular weight excluding hydrogens is 944 g/mol. The summed E-state index contributed by atoms with van der Waals surface area (Å²) in [4.78, 5) is 13.3. The van der Waals surface area contributed by atoms with Crippen LogP contribution in [0.2, 0.25) is 0 Å². The van der Waals surface area contributed by atoms with Gasteiger partial charge in [0.2, 0.25) is 5.91 Å². The standard InChI is InChI=1S/C26H29Br2N7O10S3.3K/c1-17(36)31-24-12-19(34(8-2-4-10-46(37,38)39)9-3-5-11-47(40,41)42)6-7-23(24)32-33-26-18(15-29)16-30-35(26)25-21(27)13-20(14-22(25)28)48(43,44)45;;;/h6-7,12-14,16H,2-5,8-11H2,1H3,(H,31,36)(H,37,38,39)(H,40,41,42)(H,43,44,45);;;/q;3*+1/p-3. The zero-order valence-electron chi connectivity index (χ0n) is 27.9. The van der Waals surface area contributed by atoms with E-state index in [0.717, 1.165) is 12.1 Å². The molecule has 2 aromatic carbocycles. The number of aromatic nitrogens is 2. The third-order valence-corrected chi connectivity index (χ3v) is 10.0. The normalized spacial score (nSPS) is 11.5. The zero-order chi connectivity index (χ0) is 35.9. The van der Waals surface area contributed by atoms with Crippen LogP contribution in [0.25, 0.3) is 5.69 Å². The molecule has 0 spiro atoms. The van der Waals surface area contributed by atoms with Crippen LogP contribution in [0.4, 0.5) is 22.9 Å². The molecule has 3 aromatic rings. The molecule has 0 aliphatic rings. The van der Waals surface area contributed by atoms with Crippen LogP contribution >= 0.6 is 31.9 Å². The molecule has 51 heavy (non-hydrogen) atoms. The molecule has 0 saturated carbocycles. The SMILES string of the molecule is CC(=O)Nc1cc(N(CCCCS(=O)(=O)[O-])CCCCS(=O)(=O)[O-])ccc1N=Nc1c(C#N)cnn1-c1c(Br)cc(S(=O)(=O)[O-])cc1Br.[K+].[K+].[K+]. The molecule has 3 rings (SSSR count). The maximum Gasteiger partial charge on any atom is 1.00 e. The Bertz CT molecular complexity index is 2040. The first kappa shape index (κ1) is 52.6. The number of halogens is 2. The van der Waals surface area contributed by atoms with Crippen molar-refractivity contribution < 1.29 is 198 Å². The maximum atomic E-state index is 12.1. The summed E-state index contributed by atoms with van der Waals surface area (Å²) in [5.74, 6) is -1.69. The number of anilines is 2. The molecule has 1 amide bonds. The van der Waals surface area contributed by atoms with E-state index in [1.807, 2.05) is 6.07 Å². The third-order valence-electron chi connectivity index (χ3n) is 6.41. The monoisotopic (exact) mass is 967 g/mol. The molecule has 1 aromatic heterocycles. The zero-order valence-corrected chi connectivity index (χ0v) is 42.9. The van der Waals surface area contributed by atoms with Crippen LogP contribution in [0, 0.1) is 11.3 Å². The molecule has 260 valence electrons. The number of carbonyl (C=O) groups excluding carboxylic acids is 1. The van der Waals surface area contributed by atoms with Gasteiger partial charge in [-0.3, -0.25) is 4.79 Å². The molecule has 0 atom stereocenters. The molecular formula is C26H26Br2K3N7O10S3. The molecule has 0 bridgehead atoms. The Labute approximate surface area is 440 Å². The minimum atomic E-state index is -4.80. The van der Waals surface area contributed by atoms with Crippen LogP contribution < -0.4 is 164 Å². The summed E-state index contributed by atoms with van der Waals surface area (Å²) in [6.45, 7) is 1.75. The summed E-state index contributed by atoms with van der Waals surface area (Å²) >= 11 is 6.44. The van der Waals surface area contributed by atoms with E-state index in [1.54, 1.807) is 17.0 Å². The van der Waals surface area contributed by atoms with Crippen molar-refractivity contribution in [3.05, 3.63) is 51.0 Å². The molecule has 17 nitrogen and oxygen atoms in total. The summed E-state index contributed by atoms with van der Waals surface area (Å²) < 4.78 is 102. The number of amides is 1. The second-order valence-corrected chi connectivity index (χ2v) is 16.2. The number of carbonyl (C=O) groups is 1. The van der Waals surface area contributed by atoms with Gasteiger partial charge in [-0.25, -0.2) is 29.9 Å². The van der Waals surface area contributed by atoms with Crippen molar-refractivity contribution in [1.29, 1.82) is 5.26 Å². The van der Waals surface area contributed by atoms with Crippen molar-refractivity contribution in [2.75, 3.05) is 34.8 Å². The first-order chi connectivity index (χ1) is 22.3. The van der Waals surface area contributed by atoms with Gasteiger partial charge in [-0.05, 0) is 87.9 Å². The summed E-state index contributed by atoms with van der Waals surface area (Å²) in [7, 11) is -13.6. The van der Waals surface area contributed by atoms with Gasteiger partial charge in [0.05, 0.1) is 42.7 Å². The average Bonchev–Trinajstić information content (AvgIpc) is 3.35. The van der Waals surface area contributed by atoms with Crippen molar-refractivity contribution in [3.8, 4) is 11.8 Å². The predicted octanol–water partition coefficient (Wildman–Crippen LogP) is -4.98. The van der Waals surface area contributed by atoms with Crippen LogP contribution in [0.1, 0.15) is 38.2 Å². The Hall–Kier alpha value is 1.61. The molecule has 0 aliphatic heterocycles. The quantitative estimate of drug-likeness (QED) is 0.0611. The van der Waals surface area contributed by atoms with Crippen LogP contribution in [0.15, 0.2) is 60.6 Å². The maximum absolute atomic E-state index is 12.1. The molecule has 1 heterocycles. The first-order valence-corrected chi connectivity index (χ1v) is 19.8. The Morgan fingerprint density at radius 2 is 1.43 bits per heavy atom. The van der Waals surface area contributed by atoms with Gasteiger partial charge in [-0.15, -0.1) is 10.2 Å². The van der Waals surface area contributed by atoms with Gasteiger partial charge >= 0.3 is 154 Å². The number of azo groups is 1. The largest absolute Gasteiger partial charge is 1.00 e. The summed E-state index contributed by atoms with van der Waals surface area (Å²) in [6.07, 6.45) is 1.90. The topological polar surface area (TPSA) is 270 Å². The smallest absolute Gasteiger partial charge is 0.748 e. The van der Waals surface area contributed by atoms with Gasteiger partial charge in [0.1, 0.15) is 27.4 Å². The van der Waals surface area contributed by atoms with E-state index in [1.165, 1.54) is 23.9 Å². The Morgan fingerprint density at radius 1 is 0.902 bits per heavy atom. The fourth-order valence-electron chi connectivity index (χ4n) is 4.30. The van der Waals surface area contributed by atoms with E-state index in [4.69, 9.17) is 0 Å². The van der Waals surface area contributed by atoms with Gasteiger partial charge in [-0.1, -0.05) is 0 Å². The van der Waals surface area contributed by atoms with Crippen LogP contribution in [-0.2, 0) is 35.1 Å². The van der Waals surface area contributed by atoms with Crippen molar-refractivity contribution in [2.45, 2.75) is 37.5 Å². The van der Waals surface area contributed by atoms with Crippen LogP contribution in [0.5, 0.6) is 0 Å². The molecule has 0 fully saturated rings. The number of unbranched alkanes of at least 4 members (excludes halogenated alkanes) is 2. The number of hydrogen-bond donors (Lipinski definition) is 1. The van der Waals surface area contributed by atoms with Gasteiger partial charge < -0.3 is 23.9 Å². The fourth-order valence-corrected chi connectivity index (χ4v) is 7.77. The minimum absolute atomic E-state index is 0. The summed E-state index contributed by atoms with van der Waals surface area (Å²) in [5.41, 5.74) is 0.987. The Balaban J connectivity index is 0.00000833. The molecule has 0 aliphatic carbocycles.